The molecule has 0 spiro atoms. The number of nitrogens with two attached hydrogens (primary N) is 2. The monoisotopic (exact) mass is 253 g/mol. The van der Waals surface area contributed by atoms with E-state index in [-0.39, 0.29) is 24.0 Å². The highest BCUT2D eigenvalue weighted by atomic mass is 16.2. The minimum atomic E-state index is 0.0755. The van der Waals surface area contributed by atoms with Crippen molar-refractivity contribution in [2.24, 2.45) is 17.4 Å². The Morgan fingerprint density at radius 1 is 1.22 bits per heavy atom. The van der Waals surface area contributed by atoms with E-state index >= 15 is 0 Å². The van der Waals surface area contributed by atoms with Crippen molar-refractivity contribution in [3.8, 4) is 0 Å². The lowest BCUT2D eigenvalue weighted by atomic mass is 9.84. The Balaban J connectivity index is 2.01. The molecule has 0 aromatic rings. The van der Waals surface area contributed by atoms with Gasteiger partial charge in [-0.1, -0.05) is 6.42 Å². The first-order chi connectivity index (χ1) is 8.59. The third-order valence-corrected chi connectivity index (χ3v) is 4.50. The van der Waals surface area contributed by atoms with E-state index in [1.165, 1.54) is 6.42 Å². The highest BCUT2D eigenvalue weighted by Gasteiger charge is 2.34. The quantitative estimate of drug-likeness (QED) is 0.777. The molecule has 1 aliphatic heterocycles. The Hall–Kier alpha value is -0.610. The van der Waals surface area contributed by atoms with Crippen molar-refractivity contribution in [2.45, 2.75) is 70.0 Å². The maximum absolute atomic E-state index is 12.6. The van der Waals surface area contributed by atoms with E-state index in [2.05, 4.69) is 4.90 Å². The van der Waals surface area contributed by atoms with Crippen LogP contribution >= 0.6 is 0 Å². The van der Waals surface area contributed by atoms with E-state index in [0.717, 1.165) is 45.1 Å². The summed E-state index contributed by atoms with van der Waals surface area (Å²) in [6, 6.07) is 0.530. The molecule has 0 aromatic carbocycles. The molecule has 0 radical (unpaired) electrons. The first kappa shape index (κ1) is 13.8. The maximum atomic E-state index is 12.6. The summed E-state index contributed by atoms with van der Waals surface area (Å²) in [5, 5.41) is 0. The van der Waals surface area contributed by atoms with Crippen molar-refractivity contribution in [3.63, 3.8) is 0 Å². The molecule has 1 saturated carbocycles. The summed E-state index contributed by atoms with van der Waals surface area (Å²) >= 11 is 0. The Morgan fingerprint density at radius 2 is 2.00 bits per heavy atom. The second kappa shape index (κ2) is 6.02. The van der Waals surface area contributed by atoms with E-state index in [1.54, 1.807) is 0 Å². The van der Waals surface area contributed by atoms with Gasteiger partial charge in [-0.05, 0) is 45.4 Å². The molecule has 104 valence electrons. The highest BCUT2D eigenvalue weighted by molar-refractivity contribution is 5.79. The van der Waals surface area contributed by atoms with E-state index in [0.29, 0.717) is 5.91 Å². The molecular weight excluding hydrogens is 226 g/mol. The number of piperidine rings is 1. The van der Waals surface area contributed by atoms with Gasteiger partial charge < -0.3 is 16.4 Å². The van der Waals surface area contributed by atoms with Crippen LogP contribution in [0.25, 0.3) is 0 Å². The van der Waals surface area contributed by atoms with Crippen LogP contribution in [0.1, 0.15) is 51.9 Å². The molecule has 4 N–H and O–H groups in total. The molecule has 1 aliphatic carbocycles. The van der Waals surface area contributed by atoms with Crippen LogP contribution in [0.15, 0.2) is 0 Å². The molecule has 0 bridgehead atoms. The zero-order valence-corrected chi connectivity index (χ0v) is 11.5. The zero-order valence-electron chi connectivity index (χ0n) is 11.5. The van der Waals surface area contributed by atoms with Crippen LogP contribution in [-0.4, -0.2) is 35.5 Å². The number of amides is 1. The van der Waals surface area contributed by atoms with Crippen LogP contribution in [0.5, 0.6) is 0 Å². The van der Waals surface area contributed by atoms with Crippen molar-refractivity contribution >= 4 is 5.91 Å². The second-order valence-corrected chi connectivity index (χ2v) is 6.08. The Kier molecular flexibility index (Phi) is 4.62. The predicted octanol–water partition coefficient (Wildman–Crippen LogP) is 1.23. The average molecular weight is 253 g/mol. The van der Waals surface area contributed by atoms with Gasteiger partial charge in [-0.15, -0.1) is 0 Å². The molecule has 0 aromatic heterocycles. The molecular formula is C14H27N3O. The Morgan fingerprint density at radius 3 is 2.67 bits per heavy atom. The number of rotatable bonds is 2. The van der Waals surface area contributed by atoms with Crippen LogP contribution in [0.4, 0.5) is 0 Å². The summed E-state index contributed by atoms with van der Waals surface area (Å²) < 4.78 is 0. The topological polar surface area (TPSA) is 72.3 Å². The summed E-state index contributed by atoms with van der Waals surface area (Å²) in [6.07, 6.45) is 7.40. The maximum Gasteiger partial charge on any atom is 0.226 e. The van der Waals surface area contributed by atoms with Gasteiger partial charge in [-0.2, -0.15) is 0 Å². The molecule has 4 atom stereocenters. The molecule has 4 nitrogen and oxygen atoms in total. The molecule has 1 amide bonds. The lowest BCUT2D eigenvalue weighted by molar-refractivity contribution is -0.141. The van der Waals surface area contributed by atoms with Gasteiger partial charge in [-0.25, -0.2) is 0 Å². The van der Waals surface area contributed by atoms with Gasteiger partial charge >= 0.3 is 0 Å². The minimum absolute atomic E-state index is 0.0755. The third kappa shape index (κ3) is 3.04. The van der Waals surface area contributed by atoms with Crippen LogP contribution < -0.4 is 11.5 Å². The van der Waals surface area contributed by atoms with E-state index in [4.69, 9.17) is 11.5 Å². The molecule has 0 unspecified atom stereocenters. The van der Waals surface area contributed by atoms with Crippen LogP contribution in [-0.2, 0) is 4.79 Å². The van der Waals surface area contributed by atoms with Gasteiger partial charge in [0.05, 0.1) is 0 Å². The van der Waals surface area contributed by atoms with Crippen molar-refractivity contribution in [1.29, 1.82) is 0 Å². The van der Waals surface area contributed by atoms with E-state index in [9.17, 15) is 4.79 Å². The van der Waals surface area contributed by atoms with Crippen LogP contribution in [0.3, 0.4) is 0 Å². The van der Waals surface area contributed by atoms with Crippen molar-refractivity contribution in [3.05, 3.63) is 0 Å². The first-order valence-corrected chi connectivity index (χ1v) is 7.41. The fraction of sp³-hybridized carbons (Fsp3) is 0.929. The van der Waals surface area contributed by atoms with Gasteiger partial charge in [0, 0.05) is 30.6 Å². The van der Waals surface area contributed by atoms with Crippen molar-refractivity contribution < 1.29 is 4.79 Å². The highest BCUT2D eigenvalue weighted by Crippen LogP contribution is 2.28. The van der Waals surface area contributed by atoms with E-state index in [1.807, 2.05) is 6.92 Å². The lowest BCUT2D eigenvalue weighted by Crippen LogP contribution is -2.54. The average Bonchev–Trinajstić information content (AvgIpc) is 2.38. The molecule has 2 fully saturated rings. The normalized spacial score (nSPS) is 35.3. The largest absolute Gasteiger partial charge is 0.338 e. The summed E-state index contributed by atoms with van der Waals surface area (Å²) in [5.74, 6) is 0.459. The molecule has 2 aliphatic rings. The van der Waals surface area contributed by atoms with Gasteiger partial charge in [0.25, 0.3) is 0 Å². The SMILES string of the molecule is C[C@H](N)[C@@H]1CCCCN1C(=O)[C@H]1CCC[C@H](N)C1. The number of nitrogens with zero attached hydrogens (tertiary/aromatic N) is 1. The van der Waals surface area contributed by atoms with Gasteiger partial charge in [0.15, 0.2) is 0 Å². The molecule has 1 saturated heterocycles. The van der Waals surface area contributed by atoms with Gasteiger partial charge in [0.2, 0.25) is 5.91 Å². The molecule has 1 heterocycles. The predicted molar refractivity (Wildman–Crippen MR) is 72.9 cm³/mol. The number of hydrogen-bond donors (Lipinski definition) is 2. The smallest absolute Gasteiger partial charge is 0.226 e. The number of carbonyl (C=O) groups excluding carboxylic acids is 1. The number of carbonyl (C=O) groups is 1. The summed E-state index contributed by atoms with van der Waals surface area (Å²) in [4.78, 5) is 14.7. The van der Waals surface area contributed by atoms with Crippen LogP contribution in [0.2, 0.25) is 0 Å². The second-order valence-electron chi connectivity index (χ2n) is 6.08. The summed E-state index contributed by atoms with van der Waals surface area (Å²) in [5.41, 5.74) is 12.0. The summed E-state index contributed by atoms with van der Waals surface area (Å²) in [7, 11) is 0. The van der Waals surface area contributed by atoms with Crippen LogP contribution in [0, 0.1) is 5.92 Å². The number of hydrogen-bond acceptors (Lipinski definition) is 3. The van der Waals surface area contributed by atoms with E-state index < -0.39 is 0 Å². The Bertz CT molecular complexity index is 293. The fourth-order valence-corrected chi connectivity index (χ4v) is 3.46. The first-order valence-electron chi connectivity index (χ1n) is 7.41. The Labute approximate surface area is 110 Å². The summed E-state index contributed by atoms with van der Waals surface area (Å²) in [6.45, 7) is 2.90. The molecule has 18 heavy (non-hydrogen) atoms. The van der Waals surface area contributed by atoms with Gasteiger partial charge in [0.1, 0.15) is 0 Å². The molecule has 4 heteroatoms. The standard InChI is InChI=1S/C14H27N3O/c1-10(15)13-7-2-3-8-17(13)14(18)11-5-4-6-12(16)9-11/h10-13H,2-9,15-16H2,1H3/t10-,11-,12-,13-/m0/s1. The molecule has 2 rings (SSSR count). The van der Waals surface area contributed by atoms with Crippen molar-refractivity contribution in [1.82, 2.24) is 4.90 Å². The van der Waals surface area contributed by atoms with Gasteiger partial charge in [-0.3, -0.25) is 4.79 Å². The lowest BCUT2D eigenvalue weighted by Gasteiger charge is -2.41. The number of likely N-dealkylation sites (tertiary alicyclic amines) is 1. The fourth-order valence-electron chi connectivity index (χ4n) is 3.46. The minimum Gasteiger partial charge on any atom is -0.338 e. The van der Waals surface area contributed by atoms with Crippen molar-refractivity contribution in [2.75, 3.05) is 6.54 Å². The third-order valence-electron chi connectivity index (χ3n) is 4.50. The zero-order chi connectivity index (χ0) is 13.1.